The molecule has 0 aliphatic carbocycles. The van der Waals surface area contributed by atoms with Gasteiger partial charge in [-0.15, -0.1) is 0 Å². The molecule has 110 valence electrons. The third-order valence-corrected chi connectivity index (χ3v) is 3.95. The van der Waals surface area contributed by atoms with E-state index in [1.807, 2.05) is 7.05 Å². The molecule has 4 heteroatoms. The van der Waals surface area contributed by atoms with Crippen LogP contribution in [0.25, 0.3) is 0 Å². The minimum atomic E-state index is -0.261. The predicted molar refractivity (Wildman–Crippen MR) is 78.3 cm³/mol. The minimum absolute atomic E-state index is 0.180. The molecule has 0 aromatic heterocycles. The zero-order valence-electron chi connectivity index (χ0n) is 12.3. The van der Waals surface area contributed by atoms with Crippen molar-refractivity contribution >= 4 is 5.78 Å². The molecule has 0 bridgehead atoms. The number of halogens is 1. The van der Waals surface area contributed by atoms with Gasteiger partial charge in [0.2, 0.25) is 0 Å². The van der Waals surface area contributed by atoms with Crippen LogP contribution >= 0.6 is 0 Å². The average Bonchev–Trinajstić information content (AvgIpc) is 2.77. The van der Waals surface area contributed by atoms with Gasteiger partial charge in [-0.1, -0.05) is 12.1 Å². The first-order valence-corrected chi connectivity index (χ1v) is 7.19. The maximum Gasteiger partial charge on any atom is 0.151 e. The van der Waals surface area contributed by atoms with Crippen LogP contribution in [0.3, 0.4) is 0 Å². The molecule has 2 rings (SSSR count). The smallest absolute Gasteiger partial charge is 0.151 e. The first-order valence-electron chi connectivity index (χ1n) is 7.19. The zero-order valence-corrected chi connectivity index (χ0v) is 12.3. The SMILES string of the molecule is CN(CC(=O)Cc1ccc(F)cc1)CC1CCCN1C. The van der Waals surface area contributed by atoms with Gasteiger partial charge in [0, 0.05) is 19.0 Å². The molecular formula is C16H23FN2O. The van der Waals surface area contributed by atoms with Crippen molar-refractivity contribution < 1.29 is 9.18 Å². The Kier molecular flexibility index (Phi) is 5.26. The van der Waals surface area contributed by atoms with E-state index in [0.717, 1.165) is 18.7 Å². The lowest BCUT2D eigenvalue weighted by Crippen LogP contribution is -2.39. The van der Waals surface area contributed by atoms with Gasteiger partial charge in [-0.3, -0.25) is 9.69 Å². The van der Waals surface area contributed by atoms with Crippen LogP contribution < -0.4 is 0 Å². The molecule has 1 aliphatic rings. The molecular weight excluding hydrogens is 255 g/mol. The number of benzene rings is 1. The summed E-state index contributed by atoms with van der Waals surface area (Å²) in [4.78, 5) is 16.5. The Morgan fingerprint density at radius 3 is 2.70 bits per heavy atom. The quantitative estimate of drug-likeness (QED) is 0.795. The van der Waals surface area contributed by atoms with Crippen molar-refractivity contribution in [1.29, 1.82) is 0 Å². The van der Waals surface area contributed by atoms with Crippen LogP contribution in [0.4, 0.5) is 4.39 Å². The molecule has 1 aliphatic heterocycles. The summed E-state index contributed by atoms with van der Waals surface area (Å²) >= 11 is 0. The molecule has 0 saturated carbocycles. The van der Waals surface area contributed by atoms with Gasteiger partial charge in [0.05, 0.1) is 6.54 Å². The van der Waals surface area contributed by atoms with Crippen LogP contribution in [0.2, 0.25) is 0 Å². The van der Waals surface area contributed by atoms with Gasteiger partial charge in [-0.05, 0) is 51.2 Å². The van der Waals surface area contributed by atoms with Crippen molar-refractivity contribution in [2.75, 3.05) is 33.7 Å². The van der Waals surface area contributed by atoms with E-state index >= 15 is 0 Å². The van der Waals surface area contributed by atoms with Crippen molar-refractivity contribution in [3.63, 3.8) is 0 Å². The number of Topliss-reactive ketones (excluding diaryl/α,β-unsaturated/α-hetero) is 1. The van der Waals surface area contributed by atoms with Crippen LogP contribution in [-0.2, 0) is 11.2 Å². The topological polar surface area (TPSA) is 23.6 Å². The highest BCUT2D eigenvalue weighted by Crippen LogP contribution is 2.15. The summed E-state index contributed by atoms with van der Waals surface area (Å²) in [5, 5.41) is 0. The highest BCUT2D eigenvalue weighted by molar-refractivity contribution is 5.82. The summed E-state index contributed by atoms with van der Waals surface area (Å²) < 4.78 is 12.8. The summed E-state index contributed by atoms with van der Waals surface area (Å²) in [5.74, 6) is -0.0812. The molecule has 0 spiro atoms. The number of rotatable bonds is 6. The van der Waals surface area contributed by atoms with E-state index in [1.165, 1.54) is 25.0 Å². The average molecular weight is 278 g/mol. The number of hydrogen-bond acceptors (Lipinski definition) is 3. The Hall–Kier alpha value is -1.26. The Labute approximate surface area is 120 Å². The van der Waals surface area contributed by atoms with Crippen molar-refractivity contribution in [3.8, 4) is 0 Å². The van der Waals surface area contributed by atoms with Crippen LogP contribution in [0.15, 0.2) is 24.3 Å². The lowest BCUT2D eigenvalue weighted by Gasteiger charge is -2.25. The fourth-order valence-corrected chi connectivity index (χ4v) is 2.82. The van der Waals surface area contributed by atoms with E-state index in [2.05, 4.69) is 16.8 Å². The maximum atomic E-state index is 12.8. The number of likely N-dealkylation sites (tertiary alicyclic amines) is 1. The fraction of sp³-hybridized carbons (Fsp3) is 0.562. The number of nitrogens with zero attached hydrogens (tertiary/aromatic N) is 2. The summed E-state index contributed by atoms with van der Waals surface area (Å²) in [6.45, 7) is 2.55. The summed E-state index contributed by atoms with van der Waals surface area (Å²) in [6, 6.07) is 6.73. The molecule has 1 saturated heterocycles. The third-order valence-electron chi connectivity index (χ3n) is 3.95. The minimum Gasteiger partial charge on any atom is -0.302 e. The van der Waals surface area contributed by atoms with Gasteiger partial charge in [0.15, 0.2) is 5.78 Å². The van der Waals surface area contributed by atoms with E-state index in [0.29, 0.717) is 19.0 Å². The van der Waals surface area contributed by atoms with E-state index < -0.39 is 0 Å². The second-order valence-corrected chi connectivity index (χ2v) is 5.82. The van der Waals surface area contributed by atoms with Gasteiger partial charge < -0.3 is 4.90 Å². The number of carbonyl (C=O) groups excluding carboxylic acids is 1. The first kappa shape index (κ1) is 15.1. The molecule has 1 atom stereocenters. The Morgan fingerprint density at radius 2 is 2.10 bits per heavy atom. The zero-order chi connectivity index (χ0) is 14.5. The highest BCUT2D eigenvalue weighted by atomic mass is 19.1. The Morgan fingerprint density at radius 1 is 1.40 bits per heavy atom. The maximum absolute atomic E-state index is 12.8. The number of likely N-dealkylation sites (N-methyl/N-ethyl adjacent to an activating group) is 2. The largest absolute Gasteiger partial charge is 0.302 e. The normalized spacial score (nSPS) is 19.7. The first-order chi connectivity index (χ1) is 9.54. The molecule has 0 radical (unpaired) electrons. The van der Waals surface area contributed by atoms with Crippen LogP contribution in [-0.4, -0.2) is 55.4 Å². The monoisotopic (exact) mass is 278 g/mol. The fourth-order valence-electron chi connectivity index (χ4n) is 2.82. The highest BCUT2D eigenvalue weighted by Gasteiger charge is 2.22. The second-order valence-electron chi connectivity index (χ2n) is 5.82. The molecule has 1 heterocycles. The lowest BCUT2D eigenvalue weighted by atomic mass is 10.1. The molecule has 3 nitrogen and oxygen atoms in total. The van der Waals surface area contributed by atoms with Crippen molar-refractivity contribution in [1.82, 2.24) is 9.80 Å². The van der Waals surface area contributed by atoms with Gasteiger partial charge in [-0.25, -0.2) is 4.39 Å². The van der Waals surface area contributed by atoms with Crippen LogP contribution in [0, 0.1) is 5.82 Å². The lowest BCUT2D eigenvalue weighted by molar-refractivity contribution is -0.119. The molecule has 1 fully saturated rings. The predicted octanol–water partition coefficient (Wildman–Crippen LogP) is 1.96. The summed E-state index contributed by atoms with van der Waals surface area (Å²) in [6.07, 6.45) is 2.84. The molecule has 0 N–H and O–H groups in total. The molecule has 1 unspecified atom stereocenters. The number of ketones is 1. The summed E-state index contributed by atoms with van der Waals surface area (Å²) in [5.41, 5.74) is 0.878. The number of carbonyl (C=O) groups is 1. The summed E-state index contributed by atoms with van der Waals surface area (Å²) in [7, 11) is 4.14. The van der Waals surface area contributed by atoms with Gasteiger partial charge in [-0.2, -0.15) is 0 Å². The molecule has 0 amide bonds. The number of hydrogen-bond donors (Lipinski definition) is 0. The van der Waals surface area contributed by atoms with E-state index in [9.17, 15) is 9.18 Å². The van der Waals surface area contributed by atoms with E-state index in [4.69, 9.17) is 0 Å². The van der Waals surface area contributed by atoms with Crippen molar-refractivity contribution in [2.24, 2.45) is 0 Å². The van der Waals surface area contributed by atoms with Gasteiger partial charge in [0.1, 0.15) is 5.82 Å². The third kappa shape index (κ3) is 4.39. The van der Waals surface area contributed by atoms with Crippen LogP contribution in [0.1, 0.15) is 18.4 Å². The molecule has 20 heavy (non-hydrogen) atoms. The molecule has 1 aromatic carbocycles. The van der Waals surface area contributed by atoms with Crippen molar-refractivity contribution in [2.45, 2.75) is 25.3 Å². The van der Waals surface area contributed by atoms with E-state index in [1.54, 1.807) is 12.1 Å². The Bertz CT molecular complexity index is 446. The molecule has 1 aromatic rings. The van der Waals surface area contributed by atoms with Gasteiger partial charge in [0.25, 0.3) is 0 Å². The van der Waals surface area contributed by atoms with Crippen LogP contribution in [0.5, 0.6) is 0 Å². The standard InChI is InChI=1S/C16H23FN2O/c1-18(11-15-4-3-9-19(15)2)12-16(20)10-13-5-7-14(17)8-6-13/h5-8,15H,3-4,9-12H2,1-2H3. The second kappa shape index (κ2) is 6.95. The Balaban J connectivity index is 1.77. The van der Waals surface area contributed by atoms with Gasteiger partial charge >= 0.3 is 0 Å². The van der Waals surface area contributed by atoms with Crippen molar-refractivity contribution in [3.05, 3.63) is 35.6 Å². The van der Waals surface area contributed by atoms with E-state index in [-0.39, 0.29) is 11.6 Å².